The van der Waals surface area contributed by atoms with Gasteiger partial charge in [-0.15, -0.1) is 0 Å². The molecule has 0 saturated carbocycles. The van der Waals surface area contributed by atoms with Crippen LogP contribution in [0.1, 0.15) is 30.9 Å². The first-order valence-electron chi connectivity index (χ1n) is 11.5. The van der Waals surface area contributed by atoms with Gasteiger partial charge >= 0.3 is 5.97 Å². The summed E-state index contributed by atoms with van der Waals surface area (Å²) in [5.41, 5.74) is 4.03. The van der Waals surface area contributed by atoms with Crippen LogP contribution in [0, 0.1) is 0 Å². The van der Waals surface area contributed by atoms with Gasteiger partial charge in [-0.25, -0.2) is 4.79 Å². The molecule has 34 heavy (non-hydrogen) atoms. The Morgan fingerprint density at radius 2 is 1.74 bits per heavy atom. The van der Waals surface area contributed by atoms with E-state index in [9.17, 15) is 4.79 Å². The van der Waals surface area contributed by atoms with Crippen LogP contribution in [0.2, 0.25) is 0 Å². The number of esters is 1. The van der Waals surface area contributed by atoms with Crippen molar-refractivity contribution < 1.29 is 28.5 Å². The lowest BCUT2D eigenvalue weighted by molar-refractivity contribution is -0.136. The van der Waals surface area contributed by atoms with E-state index in [-0.39, 0.29) is 18.5 Å². The van der Waals surface area contributed by atoms with Crippen LogP contribution in [-0.4, -0.2) is 65.0 Å². The highest BCUT2D eigenvalue weighted by molar-refractivity contribution is 5.97. The number of anilines is 1. The second-order valence-electron chi connectivity index (χ2n) is 8.11. The third-order valence-electron chi connectivity index (χ3n) is 6.39. The Morgan fingerprint density at radius 3 is 2.35 bits per heavy atom. The fraction of sp³-hybridized carbons (Fsp3) is 0.423. The molecule has 2 aliphatic rings. The van der Waals surface area contributed by atoms with Gasteiger partial charge in [0.25, 0.3) is 0 Å². The summed E-state index contributed by atoms with van der Waals surface area (Å²) in [7, 11) is 4.72. The van der Waals surface area contributed by atoms with Crippen LogP contribution in [0.5, 0.6) is 23.0 Å². The van der Waals surface area contributed by atoms with E-state index in [4.69, 9.17) is 23.7 Å². The Bertz CT molecular complexity index is 1070. The summed E-state index contributed by atoms with van der Waals surface area (Å²) >= 11 is 0. The number of hydrogen-bond donors (Lipinski definition) is 1. The number of carbonyl (C=O) groups excluding carboxylic acids is 1. The average molecular weight is 469 g/mol. The van der Waals surface area contributed by atoms with Crippen molar-refractivity contribution >= 4 is 11.7 Å². The van der Waals surface area contributed by atoms with Crippen LogP contribution in [0.15, 0.2) is 41.6 Å². The molecule has 2 aliphatic heterocycles. The maximum Gasteiger partial charge on any atom is 0.337 e. The number of rotatable bonds is 10. The summed E-state index contributed by atoms with van der Waals surface area (Å²) in [6.07, 6.45) is 0. The average Bonchev–Trinajstić information content (AvgIpc) is 3.23. The van der Waals surface area contributed by atoms with E-state index in [0.717, 1.165) is 47.9 Å². The number of methoxy groups -OCH3 is 3. The van der Waals surface area contributed by atoms with E-state index in [1.807, 2.05) is 30.3 Å². The minimum absolute atomic E-state index is 0.210. The summed E-state index contributed by atoms with van der Waals surface area (Å²) < 4.78 is 28.0. The van der Waals surface area contributed by atoms with Gasteiger partial charge in [-0.3, -0.25) is 0 Å². The topological polar surface area (TPSA) is 78.5 Å². The van der Waals surface area contributed by atoms with Crippen molar-refractivity contribution in [3.05, 3.63) is 52.7 Å². The van der Waals surface area contributed by atoms with E-state index in [1.165, 1.54) is 0 Å². The van der Waals surface area contributed by atoms with Crippen molar-refractivity contribution in [1.82, 2.24) is 4.90 Å². The van der Waals surface area contributed by atoms with Crippen molar-refractivity contribution in [3.63, 3.8) is 0 Å². The highest BCUT2D eigenvalue weighted by Gasteiger charge is 2.39. The number of benzene rings is 2. The van der Waals surface area contributed by atoms with Gasteiger partial charge in [0, 0.05) is 24.2 Å². The van der Waals surface area contributed by atoms with Gasteiger partial charge in [0.05, 0.1) is 32.6 Å². The number of ether oxygens (including phenoxy) is 5. The molecule has 8 nitrogen and oxygen atoms in total. The van der Waals surface area contributed by atoms with E-state index in [1.54, 1.807) is 21.3 Å². The summed E-state index contributed by atoms with van der Waals surface area (Å²) in [5, 5.41) is 3.39. The highest BCUT2D eigenvalue weighted by atomic mass is 16.5. The summed E-state index contributed by atoms with van der Waals surface area (Å²) in [6.45, 7) is 7.95. The molecule has 2 aromatic rings. The summed E-state index contributed by atoms with van der Waals surface area (Å²) in [4.78, 5) is 15.0. The molecule has 0 fully saturated rings. The molecule has 0 aromatic heterocycles. The van der Waals surface area contributed by atoms with Crippen molar-refractivity contribution in [2.45, 2.75) is 19.8 Å². The number of nitrogens with zero attached hydrogens (tertiary/aromatic N) is 1. The molecule has 4 rings (SSSR count). The normalized spacial score (nSPS) is 16.5. The predicted octanol–water partition coefficient (Wildman–Crippen LogP) is 3.80. The lowest BCUT2D eigenvalue weighted by Crippen LogP contribution is -2.28. The van der Waals surface area contributed by atoms with Gasteiger partial charge in [-0.2, -0.15) is 0 Å². The number of likely N-dealkylation sites (N-methyl/N-ethyl adjacent to an activating group) is 1. The zero-order valence-corrected chi connectivity index (χ0v) is 20.4. The number of carbonyl (C=O) groups is 1. The molecule has 1 atom stereocenters. The summed E-state index contributed by atoms with van der Waals surface area (Å²) in [6, 6.07) is 9.69. The number of hydrogen-bond acceptors (Lipinski definition) is 8. The molecule has 0 saturated heterocycles. The molecule has 1 N–H and O–H groups in total. The Labute approximate surface area is 200 Å². The van der Waals surface area contributed by atoms with Gasteiger partial charge in [0.15, 0.2) is 11.5 Å². The molecule has 0 aliphatic carbocycles. The molecule has 2 heterocycles. The molecule has 0 bridgehead atoms. The van der Waals surface area contributed by atoms with Crippen LogP contribution in [-0.2, 0) is 9.53 Å². The zero-order valence-electron chi connectivity index (χ0n) is 20.4. The highest BCUT2D eigenvalue weighted by Crippen LogP contribution is 2.48. The van der Waals surface area contributed by atoms with Gasteiger partial charge < -0.3 is 33.9 Å². The quantitative estimate of drug-likeness (QED) is 0.528. The molecule has 8 heteroatoms. The number of fused-ring (bicyclic) bond motifs is 1. The Morgan fingerprint density at radius 1 is 1.03 bits per heavy atom. The van der Waals surface area contributed by atoms with Crippen molar-refractivity contribution in [2.24, 2.45) is 0 Å². The van der Waals surface area contributed by atoms with Gasteiger partial charge in [-0.05, 0) is 42.4 Å². The van der Waals surface area contributed by atoms with E-state index in [2.05, 4.69) is 24.1 Å². The van der Waals surface area contributed by atoms with Crippen LogP contribution < -0.4 is 24.3 Å². The van der Waals surface area contributed by atoms with Crippen LogP contribution >= 0.6 is 0 Å². The Kier molecular flexibility index (Phi) is 7.17. The first kappa shape index (κ1) is 23.8. The second-order valence-corrected chi connectivity index (χ2v) is 8.11. The first-order chi connectivity index (χ1) is 16.5. The molecule has 1 unspecified atom stereocenters. The SMILES string of the molecule is CCN(CC)CCOc1ccc2c(c1)NC1=C(C(=O)OC1)C2c1cc(OC)c(OC)c(OC)c1. The smallest absolute Gasteiger partial charge is 0.337 e. The van der Waals surface area contributed by atoms with E-state index >= 15 is 0 Å². The monoisotopic (exact) mass is 468 g/mol. The van der Waals surface area contributed by atoms with Crippen LogP contribution in [0.25, 0.3) is 0 Å². The Balaban J connectivity index is 1.72. The van der Waals surface area contributed by atoms with Crippen molar-refractivity contribution in [2.75, 3.05) is 59.5 Å². The molecule has 0 amide bonds. The minimum atomic E-state index is -0.348. The molecular formula is C26H32N2O6. The largest absolute Gasteiger partial charge is 0.493 e. The predicted molar refractivity (Wildman–Crippen MR) is 129 cm³/mol. The maximum atomic E-state index is 12.7. The number of cyclic esters (lactones) is 1. The number of nitrogens with one attached hydrogen (secondary N) is 1. The lowest BCUT2D eigenvalue weighted by atomic mass is 9.81. The van der Waals surface area contributed by atoms with Gasteiger partial charge in [0.1, 0.15) is 19.0 Å². The summed E-state index contributed by atoms with van der Waals surface area (Å²) in [5.74, 6) is 1.66. The minimum Gasteiger partial charge on any atom is -0.493 e. The van der Waals surface area contributed by atoms with E-state index < -0.39 is 0 Å². The van der Waals surface area contributed by atoms with Gasteiger partial charge in [-0.1, -0.05) is 19.9 Å². The standard InChI is InChI=1S/C26H32N2O6/c1-6-28(7-2)10-11-33-17-8-9-18-19(14-17)27-20-15-34-26(29)24(20)23(18)16-12-21(30-3)25(32-5)22(13-16)31-4/h8-9,12-14,23,27H,6-7,10-11,15H2,1-5H3. The third kappa shape index (κ3) is 4.37. The molecule has 182 valence electrons. The fourth-order valence-electron chi connectivity index (χ4n) is 4.56. The first-order valence-corrected chi connectivity index (χ1v) is 11.5. The van der Waals surface area contributed by atoms with Crippen molar-refractivity contribution in [3.8, 4) is 23.0 Å². The maximum absolute atomic E-state index is 12.7. The Hall–Kier alpha value is -3.39. The van der Waals surface area contributed by atoms with Crippen LogP contribution in [0.3, 0.4) is 0 Å². The zero-order chi connectivity index (χ0) is 24.2. The third-order valence-corrected chi connectivity index (χ3v) is 6.39. The van der Waals surface area contributed by atoms with E-state index in [0.29, 0.717) is 29.4 Å². The van der Waals surface area contributed by atoms with Crippen molar-refractivity contribution in [1.29, 1.82) is 0 Å². The second kappa shape index (κ2) is 10.3. The lowest BCUT2D eigenvalue weighted by Gasteiger charge is -2.28. The molecule has 2 aromatic carbocycles. The van der Waals surface area contributed by atoms with Gasteiger partial charge in [0.2, 0.25) is 5.75 Å². The molecular weight excluding hydrogens is 436 g/mol. The fourth-order valence-corrected chi connectivity index (χ4v) is 4.56. The van der Waals surface area contributed by atoms with Crippen LogP contribution in [0.4, 0.5) is 5.69 Å². The molecule has 0 spiro atoms. The molecule has 0 radical (unpaired) electrons.